The van der Waals surface area contributed by atoms with Gasteiger partial charge in [-0.1, -0.05) is 36.4 Å². The molecular weight excluding hydrogens is 476 g/mol. The third-order valence-electron chi connectivity index (χ3n) is 6.17. The summed E-state index contributed by atoms with van der Waals surface area (Å²) in [5.41, 5.74) is 2.62. The summed E-state index contributed by atoms with van der Waals surface area (Å²) in [4.78, 5) is 25.8. The van der Waals surface area contributed by atoms with Crippen LogP contribution >= 0.6 is 0 Å². The van der Waals surface area contributed by atoms with Crippen LogP contribution in [0.1, 0.15) is 33.2 Å². The number of fused-ring (bicyclic) bond motifs is 1. The van der Waals surface area contributed by atoms with Gasteiger partial charge in [0.15, 0.2) is 6.10 Å². The molecule has 0 radical (unpaired) electrons. The van der Waals surface area contributed by atoms with E-state index in [0.29, 0.717) is 29.2 Å². The largest absolute Gasteiger partial charge is 0.489 e. The molecule has 2 heterocycles. The molecule has 0 aromatic heterocycles. The number of hydrogen-bond acceptors (Lipinski definition) is 8. The Balaban J connectivity index is 1.42. The van der Waals surface area contributed by atoms with E-state index in [9.17, 15) is 14.7 Å². The highest BCUT2D eigenvalue weighted by Crippen LogP contribution is 2.34. The zero-order valence-corrected chi connectivity index (χ0v) is 20.1. The van der Waals surface area contributed by atoms with Crippen LogP contribution in [-0.2, 0) is 14.2 Å². The Morgan fingerprint density at radius 1 is 0.865 bits per heavy atom. The highest BCUT2D eigenvalue weighted by Gasteiger charge is 2.47. The maximum atomic E-state index is 13.0. The Kier molecular flexibility index (Phi) is 7.20. The number of carbonyl (C=O) groups is 2. The fraction of sp³-hybridized carbons (Fsp3) is 0.241. The number of ether oxygens (including phenoxy) is 5. The SMILES string of the molecule is CC1=CCOc2cc(O[C@@H]3OC[C@@H](O)[C@H](OC(=O)c4ccccc4)[C@H]3OC(=O)c3ccccc3)ccc21. The zero-order valence-electron chi connectivity index (χ0n) is 20.1. The van der Waals surface area contributed by atoms with Crippen molar-refractivity contribution in [3.8, 4) is 11.5 Å². The predicted octanol–water partition coefficient (Wildman–Crippen LogP) is 4.03. The van der Waals surface area contributed by atoms with E-state index in [1.54, 1.807) is 72.8 Å². The van der Waals surface area contributed by atoms with E-state index < -0.39 is 36.5 Å². The molecule has 190 valence electrons. The van der Waals surface area contributed by atoms with Crippen molar-refractivity contribution >= 4 is 17.5 Å². The third-order valence-corrected chi connectivity index (χ3v) is 6.17. The summed E-state index contributed by atoms with van der Waals surface area (Å²) in [6.07, 6.45) is -2.93. The Morgan fingerprint density at radius 2 is 1.49 bits per heavy atom. The van der Waals surface area contributed by atoms with Gasteiger partial charge >= 0.3 is 11.9 Å². The zero-order chi connectivity index (χ0) is 25.8. The van der Waals surface area contributed by atoms with Crippen molar-refractivity contribution in [1.82, 2.24) is 0 Å². The van der Waals surface area contributed by atoms with Gasteiger partial charge < -0.3 is 28.8 Å². The van der Waals surface area contributed by atoms with Gasteiger partial charge in [-0.2, -0.15) is 0 Å². The summed E-state index contributed by atoms with van der Waals surface area (Å²) in [6.45, 7) is 2.25. The van der Waals surface area contributed by atoms with E-state index in [1.165, 1.54) is 0 Å². The summed E-state index contributed by atoms with van der Waals surface area (Å²) >= 11 is 0. The topological polar surface area (TPSA) is 101 Å². The van der Waals surface area contributed by atoms with E-state index in [4.69, 9.17) is 23.7 Å². The van der Waals surface area contributed by atoms with Crippen molar-refractivity contribution in [1.29, 1.82) is 0 Å². The van der Waals surface area contributed by atoms with Gasteiger partial charge in [-0.05, 0) is 55.0 Å². The van der Waals surface area contributed by atoms with Gasteiger partial charge in [-0.25, -0.2) is 9.59 Å². The minimum Gasteiger partial charge on any atom is -0.489 e. The maximum absolute atomic E-state index is 13.0. The van der Waals surface area contributed by atoms with Gasteiger partial charge in [0.1, 0.15) is 24.2 Å². The molecule has 0 unspecified atom stereocenters. The molecule has 0 aliphatic carbocycles. The minimum atomic E-state index is -1.26. The number of rotatable bonds is 6. The van der Waals surface area contributed by atoms with E-state index in [-0.39, 0.29) is 6.61 Å². The number of aliphatic hydroxyl groups excluding tert-OH is 1. The molecule has 5 rings (SSSR count). The van der Waals surface area contributed by atoms with Gasteiger partial charge in [-0.15, -0.1) is 0 Å². The summed E-state index contributed by atoms with van der Waals surface area (Å²) < 4.78 is 28.9. The quantitative estimate of drug-likeness (QED) is 0.505. The van der Waals surface area contributed by atoms with Crippen LogP contribution in [0.3, 0.4) is 0 Å². The van der Waals surface area contributed by atoms with Crippen LogP contribution in [0, 0.1) is 0 Å². The van der Waals surface area contributed by atoms with Gasteiger partial charge in [0.05, 0.1) is 17.7 Å². The second-order valence-corrected chi connectivity index (χ2v) is 8.71. The summed E-state index contributed by atoms with van der Waals surface area (Å²) in [5.74, 6) is -0.287. The number of aliphatic hydroxyl groups is 1. The molecule has 0 saturated carbocycles. The number of carbonyl (C=O) groups excluding carboxylic acids is 2. The first kappa shape index (κ1) is 24.5. The molecule has 8 nitrogen and oxygen atoms in total. The highest BCUT2D eigenvalue weighted by molar-refractivity contribution is 5.90. The molecule has 4 atom stereocenters. The van der Waals surface area contributed by atoms with Gasteiger partial charge in [0.2, 0.25) is 12.4 Å². The van der Waals surface area contributed by atoms with Gasteiger partial charge in [0, 0.05) is 11.6 Å². The maximum Gasteiger partial charge on any atom is 0.338 e. The van der Waals surface area contributed by atoms with Gasteiger partial charge in [0.25, 0.3) is 0 Å². The van der Waals surface area contributed by atoms with Crippen molar-refractivity contribution in [3.63, 3.8) is 0 Å². The molecule has 1 N–H and O–H groups in total. The van der Waals surface area contributed by atoms with Crippen LogP contribution in [-0.4, -0.2) is 54.9 Å². The molecule has 2 aliphatic rings. The summed E-state index contributed by atoms with van der Waals surface area (Å²) in [7, 11) is 0. The Morgan fingerprint density at radius 3 is 2.14 bits per heavy atom. The first-order valence-electron chi connectivity index (χ1n) is 11.9. The van der Waals surface area contributed by atoms with E-state index >= 15 is 0 Å². The summed E-state index contributed by atoms with van der Waals surface area (Å²) in [5, 5.41) is 10.7. The molecule has 8 heteroatoms. The summed E-state index contributed by atoms with van der Waals surface area (Å²) in [6, 6.07) is 22.1. The first-order valence-corrected chi connectivity index (χ1v) is 11.9. The van der Waals surface area contributed by atoms with Crippen LogP contribution in [0.15, 0.2) is 84.9 Å². The lowest BCUT2D eigenvalue weighted by Crippen LogP contribution is -2.58. The van der Waals surface area contributed by atoms with Crippen LogP contribution in [0.4, 0.5) is 0 Å². The van der Waals surface area contributed by atoms with Gasteiger partial charge in [-0.3, -0.25) is 0 Å². The van der Waals surface area contributed by atoms with Crippen molar-refractivity contribution < 1.29 is 38.4 Å². The van der Waals surface area contributed by atoms with Crippen molar-refractivity contribution in [2.75, 3.05) is 13.2 Å². The molecule has 0 bridgehead atoms. The molecule has 1 saturated heterocycles. The number of allylic oxidation sites excluding steroid dienone is 1. The number of hydrogen-bond donors (Lipinski definition) is 1. The second kappa shape index (κ2) is 10.9. The molecular formula is C29H26O8. The fourth-order valence-electron chi connectivity index (χ4n) is 4.18. The average molecular weight is 503 g/mol. The van der Waals surface area contributed by atoms with E-state index in [1.807, 2.05) is 19.1 Å². The Bertz CT molecular complexity index is 1290. The minimum absolute atomic E-state index is 0.194. The smallest absolute Gasteiger partial charge is 0.338 e. The average Bonchev–Trinajstić information content (AvgIpc) is 2.93. The molecule has 3 aromatic rings. The van der Waals surface area contributed by atoms with Crippen molar-refractivity contribution in [2.24, 2.45) is 0 Å². The number of esters is 2. The lowest BCUT2D eigenvalue weighted by molar-refractivity contribution is -0.241. The Hall–Kier alpha value is -4.14. The first-order chi connectivity index (χ1) is 18.0. The molecule has 0 spiro atoms. The van der Waals surface area contributed by atoms with Crippen molar-refractivity contribution in [2.45, 2.75) is 31.5 Å². The molecule has 3 aromatic carbocycles. The third kappa shape index (κ3) is 5.50. The van der Waals surface area contributed by atoms with Crippen LogP contribution in [0.2, 0.25) is 0 Å². The second-order valence-electron chi connectivity index (χ2n) is 8.71. The lowest BCUT2D eigenvalue weighted by Gasteiger charge is -2.39. The molecule has 1 fully saturated rings. The fourth-order valence-corrected chi connectivity index (χ4v) is 4.18. The molecule has 37 heavy (non-hydrogen) atoms. The standard InChI is InChI=1S/C29H26O8/c1-18-14-15-33-24-16-21(12-13-22(18)24)35-29-26(37-28(32)20-10-6-3-7-11-20)25(23(30)17-34-29)36-27(31)19-8-4-2-5-9-19/h2-14,16,23,25-26,29-30H,15,17H2,1H3/t23-,25+,26-,29+/m1/s1. The normalized spacial score (nSPS) is 22.6. The molecule has 2 aliphatic heterocycles. The van der Waals surface area contributed by atoms with Crippen LogP contribution in [0.5, 0.6) is 11.5 Å². The highest BCUT2D eigenvalue weighted by atomic mass is 16.7. The monoisotopic (exact) mass is 502 g/mol. The van der Waals surface area contributed by atoms with Crippen LogP contribution < -0.4 is 9.47 Å². The molecule has 0 amide bonds. The Labute approximate surface area is 214 Å². The van der Waals surface area contributed by atoms with Crippen LogP contribution in [0.25, 0.3) is 5.57 Å². The predicted molar refractivity (Wildman–Crippen MR) is 133 cm³/mol. The van der Waals surface area contributed by atoms with E-state index in [2.05, 4.69) is 0 Å². The lowest BCUT2D eigenvalue weighted by atomic mass is 10.0. The van der Waals surface area contributed by atoms with E-state index in [0.717, 1.165) is 11.1 Å². The number of benzene rings is 3. The van der Waals surface area contributed by atoms with Crippen molar-refractivity contribution in [3.05, 3.63) is 102 Å².